The van der Waals surface area contributed by atoms with Crippen LogP contribution < -0.4 is 0 Å². The Hall–Kier alpha value is -2.44. The lowest BCUT2D eigenvalue weighted by Crippen LogP contribution is -2.44. The van der Waals surface area contributed by atoms with E-state index in [-0.39, 0.29) is 36.6 Å². The Labute approximate surface area is 167 Å². The van der Waals surface area contributed by atoms with Gasteiger partial charge in [0.1, 0.15) is 0 Å². The maximum absolute atomic E-state index is 12.8. The second-order valence-corrected chi connectivity index (χ2v) is 8.23. The molecular weight excluding hydrogens is 356 g/mol. The number of nitrogens with zero attached hydrogens (tertiary/aromatic N) is 4. The molecule has 0 aliphatic rings. The van der Waals surface area contributed by atoms with Crippen LogP contribution in [0.25, 0.3) is 11.0 Å². The van der Waals surface area contributed by atoms with Crippen molar-refractivity contribution in [2.75, 3.05) is 6.61 Å². The van der Waals surface area contributed by atoms with Crippen LogP contribution in [0, 0.1) is 0 Å². The molecule has 0 atom stereocenters. The van der Waals surface area contributed by atoms with Gasteiger partial charge in [-0.15, -0.1) is 0 Å². The van der Waals surface area contributed by atoms with E-state index >= 15 is 0 Å². The van der Waals surface area contributed by atoms with Crippen LogP contribution in [0.1, 0.15) is 83.4 Å². The molecule has 0 bridgehead atoms. The molecule has 0 spiro atoms. The highest BCUT2D eigenvalue weighted by atomic mass is 16.5. The molecule has 2 aromatic heterocycles. The van der Waals surface area contributed by atoms with Gasteiger partial charge in [-0.05, 0) is 53.5 Å². The van der Waals surface area contributed by atoms with Crippen LogP contribution in [0.3, 0.4) is 0 Å². The van der Waals surface area contributed by atoms with E-state index in [0.717, 1.165) is 5.69 Å². The molecule has 0 saturated carbocycles. The van der Waals surface area contributed by atoms with Crippen LogP contribution in [0.5, 0.6) is 0 Å². The van der Waals surface area contributed by atoms with E-state index in [1.807, 2.05) is 55.4 Å². The summed E-state index contributed by atoms with van der Waals surface area (Å²) in [6.07, 6.45) is 1.64. The van der Waals surface area contributed by atoms with E-state index in [0.29, 0.717) is 16.6 Å². The molecule has 0 fully saturated rings. The average molecular weight is 389 g/mol. The van der Waals surface area contributed by atoms with Crippen molar-refractivity contribution in [2.24, 2.45) is 0 Å². The zero-order chi connectivity index (χ0) is 21.2. The Morgan fingerprint density at radius 1 is 1.07 bits per heavy atom. The van der Waals surface area contributed by atoms with Gasteiger partial charge >= 0.3 is 5.97 Å². The van der Waals surface area contributed by atoms with Gasteiger partial charge in [-0.3, -0.25) is 4.79 Å². The third-order valence-corrected chi connectivity index (χ3v) is 4.61. The maximum Gasteiger partial charge on any atom is 0.339 e. The van der Waals surface area contributed by atoms with Crippen LogP contribution in [0.2, 0.25) is 0 Å². The van der Waals surface area contributed by atoms with Gasteiger partial charge in [0.2, 0.25) is 0 Å². The van der Waals surface area contributed by atoms with Crippen molar-refractivity contribution in [1.29, 1.82) is 0 Å². The fourth-order valence-corrected chi connectivity index (χ4v) is 3.33. The molecule has 154 valence electrons. The highest BCUT2D eigenvalue weighted by Gasteiger charge is 2.24. The van der Waals surface area contributed by atoms with E-state index < -0.39 is 5.97 Å². The topological polar surface area (TPSA) is 77.3 Å². The molecule has 7 nitrogen and oxygen atoms in total. The molecule has 2 rings (SSSR count). The lowest BCUT2D eigenvalue weighted by atomic mass is 10.1. The Bertz CT molecular complexity index is 845. The Morgan fingerprint density at radius 3 is 2.18 bits per heavy atom. The summed E-state index contributed by atoms with van der Waals surface area (Å²) in [4.78, 5) is 31.7. The van der Waals surface area contributed by atoms with Gasteiger partial charge in [-0.1, -0.05) is 13.8 Å². The molecule has 7 heteroatoms. The van der Waals surface area contributed by atoms with E-state index in [9.17, 15) is 9.59 Å². The summed E-state index contributed by atoms with van der Waals surface area (Å²) in [5.74, 6) is -0.588. The first-order valence-corrected chi connectivity index (χ1v) is 9.91. The summed E-state index contributed by atoms with van der Waals surface area (Å²) in [6.45, 7) is 15.6. The fourth-order valence-electron chi connectivity index (χ4n) is 3.33. The predicted molar refractivity (Wildman–Crippen MR) is 109 cm³/mol. The quantitative estimate of drug-likeness (QED) is 0.672. The average Bonchev–Trinajstić information content (AvgIpc) is 3.02. The number of aromatic nitrogens is 3. The second kappa shape index (κ2) is 8.71. The van der Waals surface area contributed by atoms with Crippen LogP contribution in [0.15, 0.2) is 12.3 Å². The summed E-state index contributed by atoms with van der Waals surface area (Å²) in [5.41, 5.74) is 1.85. The standard InChI is InChI=1S/C21H32N4O3/c1-12(2)18-9-16(17-10-22-25(15(7)8)20(17)23-18)21(27)28-11-19(26)24(13(3)4)14(5)6/h9-10,12-15H,11H2,1-8H3. The SMILES string of the molecule is CC(C)c1cc(C(=O)OCC(=O)N(C(C)C)C(C)C)c2cnn(C(C)C)c2n1. The van der Waals surface area contributed by atoms with Gasteiger partial charge in [0.15, 0.2) is 12.3 Å². The van der Waals surface area contributed by atoms with Crippen LogP contribution >= 0.6 is 0 Å². The van der Waals surface area contributed by atoms with Crippen molar-refractivity contribution in [2.45, 2.75) is 79.4 Å². The molecule has 0 N–H and O–H groups in total. The molecule has 0 aliphatic heterocycles. The number of fused-ring (bicyclic) bond motifs is 1. The van der Waals surface area contributed by atoms with Gasteiger partial charge in [-0.2, -0.15) is 5.10 Å². The first-order chi connectivity index (χ1) is 13.0. The number of esters is 1. The zero-order valence-corrected chi connectivity index (χ0v) is 18.2. The first-order valence-electron chi connectivity index (χ1n) is 9.91. The summed E-state index contributed by atoms with van der Waals surface area (Å²) < 4.78 is 7.18. The summed E-state index contributed by atoms with van der Waals surface area (Å²) in [6, 6.07) is 1.93. The highest BCUT2D eigenvalue weighted by Crippen LogP contribution is 2.25. The summed E-state index contributed by atoms with van der Waals surface area (Å²) >= 11 is 0. The van der Waals surface area contributed by atoms with Crippen LogP contribution in [-0.4, -0.2) is 50.2 Å². The fraction of sp³-hybridized carbons (Fsp3) is 0.619. The summed E-state index contributed by atoms with van der Waals surface area (Å²) in [5, 5.41) is 5.02. The van der Waals surface area contributed by atoms with Gasteiger partial charge < -0.3 is 9.64 Å². The molecule has 0 aliphatic carbocycles. The molecule has 0 unspecified atom stereocenters. The number of hydrogen-bond acceptors (Lipinski definition) is 5. The van der Waals surface area contributed by atoms with Crippen molar-refractivity contribution in [1.82, 2.24) is 19.7 Å². The Morgan fingerprint density at radius 2 is 1.68 bits per heavy atom. The number of rotatable bonds is 7. The smallest absolute Gasteiger partial charge is 0.339 e. The minimum Gasteiger partial charge on any atom is -0.452 e. The molecule has 2 heterocycles. The van der Waals surface area contributed by atoms with Gasteiger partial charge in [0.25, 0.3) is 5.91 Å². The Balaban J connectivity index is 2.33. The van der Waals surface area contributed by atoms with Gasteiger partial charge in [0, 0.05) is 23.8 Å². The maximum atomic E-state index is 12.8. The predicted octanol–water partition coefficient (Wildman–Crippen LogP) is 3.94. The largest absolute Gasteiger partial charge is 0.452 e. The molecule has 0 aromatic carbocycles. The number of carbonyl (C=O) groups excluding carboxylic acids is 2. The van der Waals surface area contributed by atoms with Crippen LogP contribution in [0.4, 0.5) is 0 Å². The molecule has 0 radical (unpaired) electrons. The third-order valence-electron chi connectivity index (χ3n) is 4.61. The van der Waals surface area contributed by atoms with Crippen LogP contribution in [-0.2, 0) is 9.53 Å². The number of pyridine rings is 1. The van der Waals surface area contributed by atoms with Gasteiger partial charge in [0.05, 0.1) is 17.1 Å². The molecule has 28 heavy (non-hydrogen) atoms. The number of ether oxygens (including phenoxy) is 1. The Kier molecular flexibility index (Phi) is 6.80. The van der Waals surface area contributed by atoms with Crippen molar-refractivity contribution >= 4 is 22.9 Å². The minimum absolute atomic E-state index is 0.0376. The van der Waals surface area contributed by atoms with E-state index in [1.165, 1.54) is 0 Å². The van der Waals surface area contributed by atoms with E-state index in [2.05, 4.69) is 10.1 Å². The lowest BCUT2D eigenvalue weighted by molar-refractivity contribution is -0.138. The monoisotopic (exact) mass is 388 g/mol. The molecular formula is C21H32N4O3. The number of hydrogen-bond donors (Lipinski definition) is 0. The molecule has 0 saturated heterocycles. The second-order valence-electron chi connectivity index (χ2n) is 8.23. The van der Waals surface area contributed by atoms with Crippen molar-refractivity contribution in [3.05, 3.63) is 23.5 Å². The molecule has 1 amide bonds. The van der Waals surface area contributed by atoms with Crippen molar-refractivity contribution < 1.29 is 14.3 Å². The van der Waals surface area contributed by atoms with Crippen molar-refractivity contribution in [3.8, 4) is 0 Å². The van der Waals surface area contributed by atoms with E-state index in [4.69, 9.17) is 4.74 Å². The number of carbonyl (C=O) groups is 2. The lowest BCUT2D eigenvalue weighted by Gasteiger charge is -2.30. The normalized spacial score (nSPS) is 11.9. The first kappa shape index (κ1) is 21.9. The summed E-state index contributed by atoms with van der Waals surface area (Å²) in [7, 11) is 0. The molecule has 2 aromatic rings. The minimum atomic E-state index is -0.529. The zero-order valence-electron chi connectivity index (χ0n) is 18.2. The highest BCUT2D eigenvalue weighted by molar-refractivity contribution is 6.03. The third kappa shape index (κ3) is 4.51. The van der Waals surface area contributed by atoms with Crippen molar-refractivity contribution in [3.63, 3.8) is 0 Å². The van der Waals surface area contributed by atoms with E-state index in [1.54, 1.807) is 21.8 Å². The van der Waals surface area contributed by atoms with Gasteiger partial charge in [-0.25, -0.2) is 14.5 Å². The number of amides is 1.